The van der Waals surface area contributed by atoms with Crippen LogP contribution in [0.2, 0.25) is 0 Å². The lowest BCUT2D eigenvalue weighted by Gasteiger charge is -2.16. The zero-order valence-corrected chi connectivity index (χ0v) is 12.6. The van der Waals surface area contributed by atoms with E-state index < -0.39 is 6.04 Å². The first kappa shape index (κ1) is 15.2. The van der Waals surface area contributed by atoms with Gasteiger partial charge in [-0.3, -0.25) is 4.79 Å². The Kier molecular flexibility index (Phi) is 4.70. The SMILES string of the molecule is CC(C)C[C@@H](N)C(=O)Nc1ccccc1-c1nncn1C. The van der Waals surface area contributed by atoms with Gasteiger partial charge in [-0.05, 0) is 24.5 Å². The second-order valence-electron chi connectivity index (χ2n) is 5.54. The van der Waals surface area contributed by atoms with Crippen LogP contribution in [0.5, 0.6) is 0 Å². The van der Waals surface area contributed by atoms with E-state index >= 15 is 0 Å². The standard InChI is InChI=1S/C15H21N5O/c1-10(2)8-12(16)15(21)18-13-7-5-4-6-11(13)14-19-17-9-20(14)3/h4-7,9-10,12H,8,16H2,1-3H3,(H,18,21)/t12-/m1/s1. The Morgan fingerprint density at radius 3 is 2.71 bits per heavy atom. The predicted molar refractivity (Wildman–Crippen MR) is 82.5 cm³/mol. The number of amides is 1. The molecule has 1 amide bonds. The summed E-state index contributed by atoms with van der Waals surface area (Å²) in [7, 11) is 1.86. The van der Waals surface area contributed by atoms with Crippen molar-refractivity contribution in [2.75, 3.05) is 5.32 Å². The molecule has 0 saturated heterocycles. The maximum Gasteiger partial charge on any atom is 0.241 e. The van der Waals surface area contributed by atoms with E-state index in [1.54, 1.807) is 10.9 Å². The van der Waals surface area contributed by atoms with Gasteiger partial charge in [0.05, 0.1) is 11.7 Å². The molecule has 0 unspecified atom stereocenters. The third-order valence-corrected chi connectivity index (χ3v) is 3.20. The quantitative estimate of drug-likeness (QED) is 0.878. The summed E-state index contributed by atoms with van der Waals surface area (Å²) in [6.07, 6.45) is 2.27. The van der Waals surface area contributed by atoms with Gasteiger partial charge in [-0.2, -0.15) is 0 Å². The van der Waals surface area contributed by atoms with Crippen LogP contribution in [0.1, 0.15) is 20.3 Å². The third-order valence-electron chi connectivity index (χ3n) is 3.20. The Morgan fingerprint density at radius 2 is 2.10 bits per heavy atom. The number of aryl methyl sites for hydroxylation is 1. The van der Waals surface area contributed by atoms with E-state index in [2.05, 4.69) is 15.5 Å². The number of nitrogens with zero attached hydrogens (tertiary/aromatic N) is 3. The van der Waals surface area contributed by atoms with Gasteiger partial charge in [-0.1, -0.05) is 26.0 Å². The van der Waals surface area contributed by atoms with Crippen LogP contribution in [-0.2, 0) is 11.8 Å². The van der Waals surface area contributed by atoms with Gasteiger partial charge in [0.25, 0.3) is 0 Å². The molecule has 6 nitrogen and oxygen atoms in total. The first-order chi connectivity index (χ1) is 9.99. The molecule has 0 aliphatic carbocycles. The van der Waals surface area contributed by atoms with Crippen molar-refractivity contribution in [2.24, 2.45) is 18.7 Å². The molecule has 0 radical (unpaired) electrons. The fourth-order valence-electron chi connectivity index (χ4n) is 2.15. The molecule has 1 aromatic carbocycles. The van der Waals surface area contributed by atoms with E-state index in [0.717, 1.165) is 5.56 Å². The summed E-state index contributed by atoms with van der Waals surface area (Å²) in [5.41, 5.74) is 7.43. The number of carbonyl (C=O) groups is 1. The number of nitrogens with one attached hydrogen (secondary N) is 1. The van der Waals surface area contributed by atoms with Gasteiger partial charge in [-0.25, -0.2) is 0 Å². The van der Waals surface area contributed by atoms with E-state index in [1.165, 1.54) is 0 Å². The summed E-state index contributed by atoms with van der Waals surface area (Å²) >= 11 is 0. The highest BCUT2D eigenvalue weighted by Gasteiger charge is 2.17. The fraction of sp³-hybridized carbons (Fsp3) is 0.400. The average Bonchev–Trinajstić information content (AvgIpc) is 2.84. The van der Waals surface area contributed by atoms with Crippen LogP contribution in [0.4, 0.5) is 5.69 Å². The summed E-state index contributed by atoms with van der Waals surface area (Å²) in [4.78, 5) is 12.2. The van der Waals surface area contributed by atoms with Crippen LogP contribution >= 0.6 is 0 Å². The molecule has 0 bridgehead atoms. The van der Waals surface area contributed by atoms with Gasteiger partial charge >= 0.3 is 0 Å². The summed E-state index contributed by atoms with van der Waals surface area (Å²) in [5, 5.41) is 10.8. The summed E-state index contributed by atoms with van der Waals surface area (Å²) < 4.78 is 1.80. The number of benzene rings is 1. The molecule has 1 heterocycles. The number of hydrogen-bond acceptors (Lipinski definition) is 4. The second kappa shape index (κ2) is 6.49. The smallest absolute Gasteiger partial charge is 0.241 e. The molecule has 21 heavy (non-hydrogen) atoms. The van der Waals surface area contributed by atoms with Crippen LogP contribution in [0.3, 0.4) is 0 Å². The first-order valence-electron chi connectivity index (χ1n) is 6.99. The molecular formula is C15H21N5O. The van der Waals surface area contributed by atoms with E-state index in [-0.39, 0.29) is 5.91 Å². The molecular weight excluding hydrogens is 266 g/mol. The monoisotopic (exact) mass is 287 g/mol. The Labute approximate surface area is 124 Å². The first-order valence-corrected chi connectivity index (χ1v) is 6.99. The average molecular weight is 287 g/mol. The summed E-state index contributed by atoms with van der Waals surface area (Å²) in [5.74, 6) is 0.890. The lowest BCUT2D eigenvalue weighted by molar-refractivity contribution is -0.117. The van der Waals surface area contributed by atoms with Crippen LogP contribution in [0, 0.1) is 5.92 Å². The zero-order valence-electron chi connectivity index (χ0n) is 12.6. The van der Waals surface area contributed by atoms with Gasteiger partial charge in [0, 0.05) is 12.6 Å². The number of para-hydroxylation sites is 1. The Morgan fingerprint density at radius 1 is 1.38 bits per heavy atom. The van der Waals surface area contributed by atoms with E-state index in [9.17, 15) is 4.79 Å². The van der Waals surface area contributed by atoms with E-state index in [4.69, 9.17) is 5.73 Å². The molecule has 0 spiro atoms. The predicted octanol–water partition coefficient (Wildman–Crippen LogP) is 1.79. The maximum atomic E-state index is 12.2. The normalized spacial score (nSPS) is 12.4. The number of hydrogen-bond donors (Lipinski definition) is 2. The van der Waals surface area contributed by atoms with Crippen molar-refractivity contribution in [3.05, 3.63) is 30.6 Å². The molecule has 1 aromatic heterocycles. The molecule has 0 aliphatic heterocycles. The largest absolute Gasteiger partial charge is 0.324 e. The van der Waals surface area contributed by atoms with Gasteiger partial charge in [-0.15, -0.1) is 10.2 Å². The minimum Gasteiger partial charge on any atom is -0.324 e. The van der Waals surface area contributed by atoms with E-state index in [1.807, 2.05) is 45.2 Å². The van der Waals surface area contributed by atoms with Crippen LogP contribution < -0.4 is 11.1 Å². The van der Waals surface area contributed by atoms with Crippen molar-refractivity contribution in [3.8, 4) is 11.4 Å². The van der Waals surface area contributed by atoms with Crippen molar-refractivity contribution in [1.82, 2.24) is 14.8 Å². The van der Waals surface area contributed by atoms with Crippen molar-refractivity contribution in [1.29, 1.82) is 0 Å². The van der Waals surface area contributed by atoms with Crippen molar-refractivity contribution in [2.45, 2.75) is 26.3 Å². The number of anilines is 1. The van der Waals surface area contributed by atoms with Crippen LogP contribution in [0.25, 0.3) is 11.4 Å². The molecule has 112 valence electrons. The van der Waals surface area contributed by atoms with Gasteiger partial charge in [0.2, 0.25) is 5.91 Å². The minimum atomic E-state index is -0.516. The van der Waals surface area contributed by atoms with E-state index in [0.29, 0.717) is 23.9 Å². The van der Waals surface area contributed by atoms with Crippen LogP contribution in [0.15, 0.2) is 30.6 Å². The molecule has 2 aromatic rings. The molecule has 1 atom stereocenters. The summed E-state index contributed by atoms with van der Waals surface area (Å²) in [6.45, 7) is 4.08. The second-order valence-corrected chi connectivity index (χ2v) is 5.54. The minimum absolute atomic E-state index is 0.182. The number of nitrogens with two attached hydrogens (primary N) is 1. The van der Waals surface area contributed by atoms with Crippen molar-refractivity contribution in [3.63, 3.8) is 0 Å². The topological polar surface area (TPSA) is 85.8 Å². The number of aromatic nitrogens is 3. The molecule has 0 fully saturated rings. The molecule has 2 rings (SSSR count). The number of carbonyl (C=O) groups excluding carboxylic acids is 1. The van der Waals surface area contributed by atoms with Gasteiger partial charge < -0.3 is 15.6 Å². The van der Waals surface area contributed by atoms with Crippen molar-refractivity contribution >= 4 is 11.6 Å². The van der Waals surface area contributed by atoms with Gasteiger partial charge in [0.15, 0.2) is 5.82 Å². The molecule has 0 saturated carbocycles. The lowest BCUT2D eigenvalue weighted by Crippen LogP contribution is -2.36. The fourth-order valence-corrected chi connectivity index (χ4v) is 2.15. The highest BCUT2D eigenvalue weighted by Crippen LogP contribution is 2.25. The highest BCUT2D eigenvalue weighted by molar-refractivity contribution is 5.97. The molecule has 3 N–H and O–H groups in total. The van der Waals surface area contributed by atoms with Crippen molar-refractivity contribution < 1.29 is 4.79 Å². The third kappa shape index (κ3) is 3.66. The number of rotatable bonds is 5. The Balaban J connectivity index is 2.22. The Hall–Kier alpha value is -2.21. The highest BCUT2D eigenvalue weighted by atomic mass is 16.2. The zero-order chi connectivity index (χ0) is 15.4. The summed E-state index contributed by atoms with van der Waals surface area (Å²) in [6, 6.07) is 6.98. The molecule has 0 aliphatic rings. The van der Waals surface area contributed by atoms with Crippen LogP contribution in [-0.4, -0.2) is 26.7 Å². The maximum absolute atomic E-state index is 12.2. The lowest BCUT2D eigenvalue weighted by atomic mass is 10.0. The van der Waals surface area contributed by atoms with Gasteiger partial charge in [0.1, 0.15) is 6.33 Å². The molecule has 6 heteroatoms. The Bertz CT molecular complexity index is 620.